The molecule has 1 rings (SSSR count). The quantitative estimate of drug-likeness (QED) is 0.689. The average Bonchev–Trinajstić information content (AvgIpc) is 2.11. The van der Waals surface area contributed by atoms with E-state index in [1.54, 1.807) is 6.92 Å². The Hall–Kier alpha value is -0.790. The number of carboxylic acids is 1. The molecule has 0 aromatic rings. The molecule has 0 aliphatic heterocycles. The third-order valence-electron chi connectivity index (χ3n) is 3.41. The van der Waals surface area contributed by atoms with Gasteiger partial charge in [-0.1, -0.05) is 39.2 Å². The Morgan fingerprint density at radius 3 is 2.21 bits per heavy atom. The van der Waals surface area contributed by atoms with E-state index in [0.717, 1.165) is 0 Å². The van der Waals surface area contributed by atoms with Crippen LogP contribution in [-0.4, -0.2) is 11.1 Å². The normalized spacial score (nSPS) is 34.2. The topological polar surface area (TPSA) is 37.3 Å². The van der Waals surface area contributed by atoms with E-state index < -0.39 is 5.97 Å². The van der Waals surface area contributed by atoms with Crippen molar-refractivity contribution in [2.45, 2.75) is 40.0 Å². The van der Waals surface area contributed by atoms with Gasteiger partial charge in [-0.25, -0.2) is 4.79 Å². The molecule has 2 heteroatoms. The van der Waals surface area contributed by atoms with Crippen LogP contribution in [0.15, 0.2) is 11.6 Å². The maximum Gasteiger partial charge on any atom is 0.330 e. The Morgan fingerprint density at radius 1 is 1.29 bits per heavy atom. The van der Waals surface area contributed by atoms with Crippen LogP contribution in [0.3, 0.4) is 0 Å². The molecule has 1 N–H and O–H groups in total. The van der Waals surface area contributed by atoms with Crippen molar-refractivity contribution in [2.24, 2.45) is 17.8 Å². The molecule has 0 bridgehead atoms. The van der Waals surface area contributed by atoms with Crippen LogP contribution in [0.5, 0.6) is 0 Å². The summed E-state index contributed by atoms with van der Waals surface area (Å²) in [4.78, 5) is 10.7. The maximum absolute atomic E-state index is 10.7. The van der Waals surface area contributed by atoms with Crippen LogP contribution < -0.4 is 0 Å². The second kappa shape index (κ2) is 4.63. The molecule has 80 valence electrons. The zero-order valence-corrected chi connectivity index (χ0v) is 9.29. The SMILES string of the molecule is CC(=CC1C(C)CCCC1C)C(=O)O. The highest BCUT2D eigenvalue weighted by Crippen LogP contribution is 2.35. The van der Waals surface area contributed by atoms with Crippen molar-refractivity contribution in [3.63, 3.8) is 0 Å². The summed E-state index contributed by atoms with van der Waals surface area (Å²) in [7, 11) is 0. The highest BCUT2D eigenvalue weighted by molar-refractivity contribution is 5.85. The summed E-state index contributed by atoms with van der Waals surface area (Å²) in [5, 5.41) is 8.82. The lowest BCUT2D eigenvalue weighted by atomic mass is 9.73. The van der Waals surface area contributed by atoms with Crippen molar-refractivity contribution in [1.82, 2.24) is 0 Å². The van der Waals surface area contributed by atoms with Crippen LogP contribution in [0.1, 0.15) is 40.0 Å². The zero-order valence-electron chi connectivity index (χ0n) is 9.29. The highest BCUT2D eigenvalue weighted by atomic mass is 16.4. The van der Waals surface area contributed by atoms with E-state index in [-0.39, 0.29) is 0 Å². The van der Waals surface area contributed by atoms with Crippen LogP contribution in [0.25, 0.3) is 0 Å². The zero-order chi connectivity index (χ0) is 10.7. The summed E-state index contributed by atoms with van der Waals surface area (Å²) < 4.78 is 0. The molecule has 0 aromatic heterocycles. The Morgan fingerprint density at radius 2 is 1.79 bits per heavy atom. The molecule has 0 radical (unpaired) electrons. The molecule has 1 fully saturated rings. The molecular weight excluding hydrogens is 176 g/mol. The van der Waals surface area contributed by atoms with E-state index in [9.17, 15) is 4.79 Å². The summed E-state index contributed by atoms with van der Waals surface area (Å²) in [6, 6.07) is 0. The molecular formula is C12H20O2. The number of carboxylic acid groups (broad SMARTS) is 1. The molecule has 2 atom stereocenters. The summed E-state index contributed by atoms with van der Waals surface area (Å²) >= 11 is 0. The predicted molar refractivity (Wildman–Crippen MR) is 57.1 cm³/mol. The summed E-state index contributed by atoms with van der Waals surface area (Å²) in [5.74, 6) is 0.941. The van der Waals surface area contributed by atoms with Gasteiger partial charge in [0.1, 0.15) is 0 Å². The molecule has 0 saturated heterocycles. The minimum absolute atomic E-state index is 0.458. The van der Waals surface area contributed by atoms with Gasteiger partial charge in [0.05, 0.1) is 0 Å². The molecule has 1 aliphatic rings. The van der Waals surface area contributed by atoms with E-state index in [1.807, 2.05) is 6.08 Å². The van der Waals surface area contributed by atoms with Gasteiger partial charge in [0.15, 0.2) is 0 Å². The molecule has 0 spiro atoms. The van der Waals surface area contributed by atoms with Crippen molar-refractivity contribution < 1.29 is 9.90 Å². The van der Waals surface area contributed by atoms with Crippen LogP contribution in [0, 0.1) is 17.8 Å². The smallest absolute Gasteiger partial charge is 0.330 e. The van der Waals surface area contributed by atoms with Crippen LogP contribution in [-0.2, 0) is 4.79 Å². The number of rotatable bonds is 2. The Labute approximate surface area is 86.0 Å². The van der Waals surface area contributed by atoms with Gasteiger partial charge in [-0.05, 0) is 24.7 Å². The maximum atomic E-state index is 10.7. The van der Waals surface area contributed by atoms with Crippen molar-refractivity contribution in [3.8, 4) is 0 Å². The van der Waals surface area contributed by atoms with Crippen molar-refractivity contribution >= 4 is 5.97 Å². The van der Waals surface area contributed by atoms with Gasteiger partial charge >= 0.3 is 5.97 Å². The summed E-state index contributed by atoms with van der Waals surface area (Å²) in [6.45, 7) is 6.15. The lowest BCUT2D eigenvalue weighted by Crippen LogP contribution is -2.23. The first kappa shape index (κ1) is 11.3. The van der Waals surface area contributed by atoms with E-state index in [1.165, 1.54) is 19.3 Å². The number of hydrogen-bond acceptors (Lipinski definition) is 1. The molecule has 0 aromatic carbocycles. The lowest BCUT2D eigenvalue weighted by Gasteiger charge is -2.32. The van der Waals surface area contributed by atoms with Gasteiger partial charge in [0.25, 0.3) is 0 Å². The second-order valence-corrected chi connectivity index (χ2v) is 4.62. The molecule has 1 aliphatic carbocycles. The van der Waals surface area contributed by atoms with Crippen molar-refractivity contribution in [1.29, 1.82) is 0 Å². The lowest BCUT2D eigenvalue weighted by molar-refractivity contribution is -0.132. The third-order valence-corrected chi connectivity index (χ3v) is 3.41. The molecule has 2 nitrogen and oxygen atoms in total. The van der Waals surface area contributed by atoms with Crippen molar-refractivity contribution in [2.75, 3.05) is 0 Å². The summed E-state index contributed by atoms with van der Waals surface area (Å²) in [6.07, 6.45) is 5.71. The van der Waals surface area contributed by atoms with Gasteiger partial charge in [0.2, 0.25) is 0 Å². The molecule has 0 heterocycles. The first-order chi connectivity index (χ1) is 6.52. The molecule has 0 amide bonds. The van der Waals surface area contributed by atoms with Gasteiger partial charge in [-0.2, -0.15) is 0 Å². The minimum atomic E-state index is -0.782. The average molecular weight is 196 g/mol. The van der Waals surface area contributed by atoms with Crippen LogP contribution in [0.4, 0.5) is 0 Å². The number of carbonyl (C=O) groups is 1. The van der Waals surface area contributed by atoms with Crippen LogP contribution >= 0.6 is 0 Å². The first-order valence-electron chi connectivity index (χ1n) is 5.44. The fraction of sp³-hybridized carbons (Fsp3) is 0.750. The fourth-order valence-electron chi connectivity index (χ4n) is 2.40. The Bertz CT molecular complexity index is 233. The van der Waals surface area contributed by atoms with E-state index in [0.29, 0.717) is 23.3 Å². The van der Waals surface area contributed by atoms with E-state index in [4.69, 9.17) is 5.11 Å². The van der Waals surface area contributed by atoms with Crippen LogP contribution in [0.2, 0.25) is 0 Å². The van der Waals surface area contributed by atoms with Gasteiger partial charge in [-0.3, -0.25) is 0 Å². The minimum Gasteiger partial charge on any atom is -0.478 e. The second-order valence-electron chi connectivity index (χ2n) is 4.62. The Kier molecular flexibility index (Phi) is 3.73. The van der Waals surface area contributed by atoms with Crippen molar-refractivity contribution in [3.05, 3.63) is 11.6 Å². The molecule has 2 unspecified atom stereocenters. The highest BCUT2D eigenvalue weighted by Gasteiger charge is 2.26. The third kappa shape index (κ3) is 2.60. The first-order valence-corrected chi connectivity index (χ1v) is 5.44. The van der Waals surface area contributed by atoms with E-state index >= 15 is 0 Å². The van der Waals surface area contributed by atoms with Gasteiger partial charge < -0.3 is 5.11 Å². The number of allylic oxidation sites excluding steroid dienone is 1. The molecule has 14 heavy (non-hydrogen) atoms. The molecule has 1 saturated carbocycles. The van der Waals surface area contributed by atoms with Gasteiger partial charge in [0, 0.05) is 5.57 Å². The monoisotopic (exact) mass is 196 g/mol. The number of hydrogen-bond donors (Lipinski definition) is 1. The Balaban J connectivity index is 2.73. The van der Waals surface area contributed by atoms with Gasteiger partial charge in [-0.15, -0.1) is 0 Å². The van der Waals surface area contributed by atoms with E-state index in [2.05, 4.69) is 13.8 Å². The number of aliphatic carboxylic acids is 1. The largest absolute Gasteiger partial charge is 0.478 e. The summed E-state index contributed by atoms with van der Waals surface area (Å²) in [5.41, 5.74) is 0.496. The fourth-order valence-corrected chi connectivity index (χ4v) is 2.40. The predicted octanol–water partition coefficient (Wildman–Crippen LogP) is 3.09. The standard InChI is InChI=1S/C12H20O2/c1-8-5-4-6-9(2)11(8)7-10(3)12(13)14/h7-9,11H,4-6H2,1-3H3,(H,13,14).